The third-order valence-electron chi connectivity index (χ3n) is 4.32. The number of para-hydroxylation sites is 1. The van der Waals surface area contributed by atoms with E-state index in [-0.39, 0.29) is 0 Å². The van der Waals surface area contributed by atoms with Gasteiger partial charge in [-0.1, -0.05) is 41.9 Å². The van der Waals surface area contributed by atoms with Gasteiger partial charge in [0, 0.05) is 10.6 Å². The number of hydrogen-bond acceptors (Lipinski definition) is 5. The van der Waals surface area contributed by atoms with Crippen molar-refractivity contribution in [2.24, 2.45) is 5.10 Å². The lowest BCUT2D eigenvalue weighted by molar-refractivity contribution is 0.282. The highest BCUT2D eigenvalue weighted by Gasteiger charge is 2.11. The first-order valence-electron chi connectivity index (χ1n) is 9.23. The Hall–Kier alpha value is -2.45. The zero-order valence-electron chi connectivity index (χ0n) is 16.7. The highest BCUT2D eigenvalue weighted by atomic mass is 127. The van der Waals surface area contributed by atoms with E-state index in [4.69, 9.17) is 25.8 Å². The minimum atomic E-state index is 0.428. The van der Waals surface area contributed by atoms with E-state index >= 15 is 0 Å². The number of hydrogen-bond donors (Lipinski definition) is 1. The van der Waals surface area contributed by atoms with Crippen molar-refractivity contribution < 1.29 is 14.2 Å². The van der Waals surface area contributed by atoms with Crippen molar-refractivity contribution in [3.05, 3.63) is 85.9 Å². The van der Waals surface area contributed by atoms with Gasteiger partial charge >= 0.3 is 0 Å². The van der Waals surface area contributed by atoms with E-state index in [2.05, 4.69) is 33.1 Å². The second kappa shape index (κ2) is 11.1. The van der Waals surface area contributed by atoms with Crippen LogP contribution in [0, 0.1) is 3.57 Å². The predicted molar refractivity (Wildman–Crippen MR) is 129 cm³/mol. The summed E-state index contributed by atoms with van der Waals surface area (Å²) in [5, 5.41) is 5.02. The predicted octanol–water partition coefficient (Wildman–Crippen LogP) is 5.66. The Morgan fingerprint density at radius 2 is 1.73 bits per heavy atom. The first-order chi connectivity index (χ1) is 14.6. The summed E-state index contributed by atoms with van der Waals surface area (Å²) in [6.07, 6.45) is 1.75. The third kappa shape index (κ3) is 6.03. The lowest BCUT2D eigenvalue weighted by Crippen LogP contribution is -2.07. The summed E-state index contributed by atoms with van der Waals surface area (Å²) in [5.74, 6) is 2.19. The number of hydrazone groups is 1. The summed E-state index contributed by atoms with van der Waals surface area (Å²) in [6.45, 7) is 0.995. The molecule has 5 nitrogen and oxygen atoms in total. The van der Waals surface area contributed by atoms with Crippen LogP contribution >= 0.6 is 34.2 Å². The maximum Gasteiger partial charge on any atom is 0.174 e. The van der Waals surface area contributed by atoms with Crippen LogP contribution in [0.25, 0.3) is 0 Å². The molecule has 0 unspecified atom stereocenters. The van der Waals surface area contributed by atoms with Crippen LogP contribution in [0.4, 0.5) is 0 Å². The summed E-state index contributed by atoms with van der Waals surface area (Å²) >= 11 is 8.17. The number of rotatable bonds is 9. The molecule has 0 saturated carbocycles. The molecule has 156 valence electrons. The molecule has 0 fully saturated rings. The molecular formula is C23H22ClIN2O3. The van der Waals surface area contributed by atoms with Crippen molar-refractivity contribution in [1.29, 1.82) is 0 Å². The van der Waals surface area contributed by atoms with Gasteiger partial charge < -0.3 is 19.6 Å². The molecule has 0 bridgehead atoms. The highest BCUT2D eigenvalue weighted by molar-refractivity contribution is 14.1. The fourth-order valence-corrected chi connectivity index (χ4v) is 3.70. The maximum atomic E-state index is 6.00. The van der Waals surface area contributed by atoms with Gasteiger partial charge in [-0.25, -0.2) is 0 Å². The first-order valence-corrected chi connectivity index (χ1v) is 10.7. The quantitative estimate of drug-likeness (QED) is 0.218. The molecule has 0 aromatic heterocycles. The van der Waals surface area contributed by atoms with Crippen molar-refractivity contribution in [2.45, 2.75) is 13.2 Å². The van der Waals surface area contributed by atoms with Crippen LogP contribution in [0.3, 0.4) is 0 Å². The van der Waals surface area contributed by atoms with Crippen LogP contribution in [-0.2, 0) is 13.2 Å². The maximum absolute atomic E-state index is 6.00. The number of ether oxygens (including phenoxy) is 3. The molecule has 3 aromatic carbocycles. The summed E-state index contributed by atoms with van der Waals surface area (Å²) in [7, 11) is 3.29. The monoisotopic (exact) mass is 536 g/mol. The zero-order valence-corrected chi connectivity index (χ0v) is 19.6. The van der Waals surface area contributed by atoms with E-state index in [1.807, 2.05) is 60.7 Å². The summed E-state index contributed by atoms with van der Waals surface area (Å²) in [4.78, 5) is 0. The Bertz CT molecular complexity index is 1010. The first kappa shape index (κ1) is 22.2. The van der Waals surface area contributed by atoms with Gasteiger partial charge in [0.15, 0.2) is 11.5 Å². The van der Waals surface area contributed by atoms with E-state index in [1.165, 1.54) is 0 Å². The normalized spacial score (nSPS) is 10.8. The molecule has 3 aromatic rings. The van der Waals surface area contributed by atoms with Gasteiger partial charge in [0.05, 0.1) is 30.5 Å². The van der Waals surface area contributed by atoms with E-state index in [0.717, 1.165) is 26.0 Å². The molecule has 0 radical (unpaired) electrons. The SMILES string of the molecule is COc1ccccc1CN/N=C\c1cc(I)c(OCc2ccc(Cl)cc2)c(OC)c1. The molecule has 0 aliphatic heterocycles. The molecular weight excluding hydrogens is 515 g/mol. The van der Waals surface area contributed by atoms with Crippen LogP contribution in [0.1, 0.15) is 16.7 Å². The second-order valence-electron chi connectivity index (χ2n) is 6.35. The molecule has 0 amide bonds. The standard InChI is InChI=1S/C23H22ClIN2O3/c1-28-21-6-4-3-5-18(21)14-27-26-13-17-11-20(25)23(22(12-17)29-2)30-15-16-7-9-19(24)10-8-16/h3-13,27H,14-15H2,1-2H3/b26-13-. The molecule has 7 heteroatoms. The van der Waals surface area contributed by atoms with Gasteiger partial charge in [-0.3, -0.25) is 0 Å². The Labute approximate surface area is 195 Å². The van der Waals surface area contributed by atoms with Crippen LogP contribution in [0.15, 0.2) is 65.8 Å². The van der Waals surface area contributed by atoms with Crippen molar-refractivity contribution in [3.63, 3.8) is 0 Å². The van der Waals surface area contributed by atoms with Gasteiger partial charge in [-0.2, -0.15) is 5.10 Å². The van der Waals surface area contributed by atoms with Crippen molar-refractivity contribution in [2.75, 3.05) is 14.2 Å². The topological polar surface area (TPSA) is 52.1 Å². The van der Waals surface area contributed by atoms with Crippen LogP contribution in [0.5, 0.6) is 17.2 Å². The number of benzene rings is 3. The average molecular weight is 537 g/mol. The largest absolute Gasteiger partial charge is 0.496 e. The van der Waals surface area contributed by atoms with Gasteiger partial charge in [0.25, 0.3) is 0 Å². The van der Waals surface area contributed by atoms with Crippen molar-refractivity contribution in [1.82, 2.24) is 5.43 Å². The molecule has 30 heavy (non-hydrogen) atoms. The molecule has 3 rings (SSSR count). The van der Waals surface area contributed by atoms with Crippen molar-refractivity contribution in [3.8, 4) is 17.2 Å². The van der Waals surface area contributed by atoms with Crippen LogP contribution < -0.4 is 19.6 Å². The lowest BCUT2D eigenvalue weighted by atomic mass is 10.2. The van der Waals surface area contributed by atoms with Gasteiger partial charge in [-0.05, 0) is 64.0 Å². The van der Waals surface area contributed by atoms with E-state index < -0.39 is 0 Å². The molecule has 0 aliphatic rings. The minimum Gasteiger partial charge on any atom is -0.496 e. The molecule has 0 atom stereocenters. The number of methoxy groups -OCH3 is 2. The summed E-state index contributed by atoms with van der Waals surface area (Å²) in [6, 6.07) is 19.3. The van der Waals surface area contributed by atoms with Crippen LogP contribution in [-0.4, -0.2) is 20.4 Å². The Morgan fingerprint density at radius 3 is 2.47 bits per heavy atom. The summed E-state index contributed by atoms with van der Waals surface area (Å²) < 4.78 is 17.8. The molecule has 0 aliphatic carbocycles. The Morgan fingerprint density at radius 1 is 1.00 bits per heavy atom. The summed E-state index contributed by atoms with van der Waals surface area (Å²) in [5.41, 5.74) is 6.03. The zero-order chi connectivity index (χ0) is 21.3. The van der Waals surface area contributed by atoms with Gasteiger partial charge in [0.1, 0.15) is 12.4 Å². The Balaban J connectivity index is 1.65. The fraction of sp³-hybridized carbons (Fsp3) is 0.174. The second-order valence-corrected chi connectivity index (χ2v) is 7.95. The molecule has 1 N–H and O–H groups in total. The van der Waals surface area contributed by atoms with E-state index in [1.54, 1.807) is 20.4 Å². The average Bonchev–Trinajstić information content (AvgIpc) is 2.77. The van der Waals surface area contributed by atoms with E-state index in [0.29, 0.717) is 29.7 Å². The number of nitrogens with zero attached hydrogens (tertiary/aromatic N) is 1. The number of halogens is 2. The smallest absolute Gasteiger partial charge is 0.174 e. The number of nitrogens with one attached hydrogen (secondary N) is 1. The molecule has 0 heterocycles. The van der Waals surface area contributed by atoms with Gasteiger partial charge in [-0.15, -0.1) is 0 Å². The Kier molecular flexibility index (Phi) is 8.21. The fourth-order valence-electron chi connectivity index (χ4n) is 2.79. The van der Waals surface area contributed by atoms with Crippen molar-refractivity contribution >= 4 is 40.4 Å². The van der Waals surface area contributed by atoms with E-state index in [9.17, 15) is 0 Å². The lowest BCUT2D eigenvalue weighted by Gasteiger charge is -2.13. The van der Waals surface area contributed by atoms with Crippen LogP contribution in [0.2, 0.25) is 5.02 Å². The van der Waals surface area contributed by atoms with Gasteiger partial charge in [0.2, 0.25) is 0 Å². The molecule has 0 spiro atoms. The highest BCUT2D eigenvalue weighted by Crippen LogP contribution is 2.34. The minimum absolute atomic E-state index is 0.428. The third-order valence-corrected chi connectivity index (χ3v) is 5.37. The molecule has 0 saturated heterocycles.